The zero-order chi connectivity index (χ0) is 20.5. The summed E-state index contributed by atoms with van der Waals surface area (Å²) in [4.78, 5) is 24.3. The lowest BCUT2D eigenvalue weighted by Crippen LogP contribution is -2.24. The second-order valence-electron chi connectivity index (χ2n) is 8.15. The van der Waals surface area contributed by atoms with Crippen molar-refractivity contribution in [3.05, 3.63) is 70.3 Å². The van der Waals surface area contributed by atoms with E-state index in [1.807, 2.05) is 12.1 Å². The van der Waals surface area contributed by atoms with Crippen molar-refractivity contribution < 1.29 is 14.3 Å². The number of rotatable bonds is 3. The maximum Gasteiger partial charge on any atom is 0.337 e. The lowest BCUT2D eigenvalue weighted by Gasteiger charge is -2.35. The molecule has 4 nitrogen and oxygen atoms in total. The minimum absolute atomic E-state index is 0.104. The molecule has 0 saturated heterocycles. The molecule has 1 aliphatic rings. The van der Waals surface area contributed by atoms with Crippen LogP contribution in [0.3, 0.4) is 0 Å². The number of esters is 1. The van der Waals surface area contributed by atoms with Gasteiger partial charge in [-0.25, -0.2) is 4.79 Å². The van der Waals surface area contributed by atoms with Crippen molar-refractivity contribution in [2.75, 3.05) is 12.4 Å². The molecule has 0 bridgehead atoms. The predicted octanol–water partition coefficient (Wildman–Crippen LogP) is 5.59. The first kappa shape index (κ1) is 19.9. The summed E-state index contributed by atoms with van der Waals surface area (Å²) < 4.78 is 4.69. The number of methoxy groups -OCH3 is 1. The van der Waals surface area contributed by atoms with E-state index in [9.17, 15) is 9.59 Å². The molecule has 0 saturated carbocycles. The Morgan fingerprint density at radius 2 is 1.64 bits per heavy atom. The molecule has 4 heteroatoms. The van der Waals surface area contributed by atoms with E-state index < -0.39 is 5.97 Å². The molecule has 0 aromatic heterocycles. The molecule has 146 valence electrons. The number of anilines is 1. The van der Waals surface area contributed by atoms with Crippen LogP contribution in [0, 0.1) is 0 Å². The Balaban J connectivity index is 1.88. The number of hydrogen-bond acceptors (Lipinski definition) is 3. The summed E-state index contributed by atoms with van der Waals surface area (Å²) >= 11 is 0. The lowest BCUT2D eigenvalue weighted by atomic mass is 9.70. The van der Waals surface area contributed by atoms with Crippen LogP contribution >= 0.6 is 0 Å². The van der Waals surface area contributed by atoms with E-state index >= 15 is 0 Å². The van der Waals surface area contributed by atoms with Crippen molar-refractivity contribution >= 4 is 23.1 Å². The minimum Gasteiger partial charge on any atom is -0.465 e. The topological polar surface area (TPSA) is 55.4 Å². The van der Waals surface area contributed by atoms with Crippen LogP contribution in [0.2, 0.25) is 0 Å². The van der Waals surface area contributed by atoms with Gasteiger partial charge in [-0.3, -0.25) is 4.79 Å². The molecule has 28 heavy (non-hydrogen) atoms. The summed E-state index contributed by atoms with van der Waals surface area (Å²) in [5.74, 6) is -0.561. The van der Waals surface area contributed by atoms with E-state index in [2.05, 4.69) is 39.1 Å². The first-order valence-electron chi connectivity index (χ1n) is 9.54. The molecule has 2 aromatic rings. The number of ether oxygens (including phenoxy) is 1. The van der Waals surface area contributed by atoms with Crippen LogP contribution in [0.4, 0.5) is 5.69 Å². The number of fused-ring (bicyclic) bond motifs is 1. The lowest BCUT2D eigenvalue weighted by molar-refractivity contribution is 0.0600. The number of hydrogen-bond donors (Lipinski definition) is 1. The van der Waals surface area contributed by atoms with E-state index in [1.54, 1.807) is 24.3 Å². The Morgan fingerprint density at radius 3 is 2.25 bits per heavy atom. The van der Waals surface area contributed by atoms with Crippen LogP contribution in [0.5, 0.6) is 0 Å². The van der Waals surface area contributed by atoms with Crippen LogP contribution in [-0.2, 0) is 10.2 Å². The van der Waals surface area contributed by atoms with Gasteiger partial charge < -0.3 is 10.1 Å². The number of carbonyl (C=O) groups excluding carboxylic acids is 2. The summed E-state index contributed by atoms with van der Waals surface area (Å²) in [5, 5.41) is 2.91. The number of benzene rings is 2. The Hall–Kier alpha value is -2.88. The molecule has 0 radical (unpaired) electrons. The van der Waals surface area contributed by atoms with E-state index in [1.165, 1.54) is 29.4 Å². The maximum atomic E-state index is 12.8. The van der Waals surface area contributed by atoms with Gasteiger partial charge in [0.05, 0.1) is 12.7 Å². The van der Waals surface area contributed by atoms with Crippen molar-refractivity contribution in [2.24, 2.45) is 0 Å². The van der Waals surface area contributed by atoms with Crippen molar-refractivity contribution in [3.63, 3.8) is 0 Å². The van der Waals surface area contributed by atoms with Gasteiger partial charge in [-0.15, -0.1) is 0 Å². The van der Waals surface area contributed by atoms with Crippen molar-refractivity contribution in [2.45, 2.75) is 46.0 Å². The Kier molecular flexibility index (Phi) is 5.41. The van der Waals surface area contributed by atoms with Gasteiger partial charge in [0.1, 0.15) is 0 Å². The molecule has 0 unspecified atom stereocenters. The molecule has 1 N–H and O–H groups in total. The molecule has 2 aromatic carbocycles. The van der Waals surface area contributed by atoms with Crippen molar-refractivity contribution in [1.82, 2.24) is 0 Å². The molecule has 0 heterocycles. The third-order valence-electron chi connectivity index (χ3n) is 5.50. The Morgan fingerprint density at radius 1 is 1.00 bits per heavy atom. The fourth-order valence-electron chi connectivity index (χ4n) is 3.76. The second-order valence-corrected chi connectivity index (χ2v) is 8.15. The molecule has 1 aliphatic carbocycles. The van der Waals surface area contributed by atoms with Crippen LogP contribution < -0.4 is 5.32 Å². The standard InChI is InChI=1S/C24H27NO3/c1-15(2)19-12-13-24(3,4)21-11-8-17(14-20(19)21)22(26)25-18-9-6-16(7-10-18)23(27)28-5/h6-11,14H,12-13H2,1-5H3,(H,25,26). The van der Waals surface area contributed by atoms with Crippen LogP contribution in [0.1, 0.15) is 72.4 Å². The molecule has 3 rings (SSSR count). The van der Waals surface area contributed by atoms with Crippen LogP contribution in [0.25, 0.3) is 5.57 Å². The van der Waals surface area contributed by atoms with Gasteiger partial charge in [0.15, 0.2) is 0 Å². The highest BCUT2D eigenvalue weighted by Crippen LogP contribution is 2.43. The SMILES string of the molecule is COC(=O)c1ccc(NC(=O)c2ccc3c(c2)C(=C(C)C)CCC3(C)C)cc1. The first-order chi connectivity index (χ1) is 13.2. The van der Waals surface area contributed by atoms with Crippen molar-refractivity contribution in [1.29, 1.82) is 0 Å². The highest BCUT2D eigenvalue weighted by Gasteiger charge is 2.30. The highest BCUT2D eigenvalue weighted by atomic mass is 16.5. The van der Waals surface area contributed by atoms with Crippen LogP contribution in [-0.4, -0.2) is 19.0 Å². The maximum absolute atomic E-state index is 12.8. The zero-order valence-electron chi connectivity index (χ0n) is 17.2. The molecule has 0 aliphatic heterocycles. The molecule has 0 fully saturated rings. The summed E-state index contributed by atoms with van der Waals surface area (Å²) in [7, 11) is 1.34. The summed E-state index contributed by atoms with van der Waals surface area (Å²) in [6.45, 7) is 8.78. The van der Waals surface area contributed by atoms with Gasteiger partial charge in [0.25, 0.3) is 5.91 Å². The molecule has 0 atom stereocenters. The average Bonchev–Trinajstić information content (AvgIpc) is 2.67. The van der Waals surface area contributed by atoms with Crippen LogP contribution in [0.15, 0.2) is 48.0 Å². The van der Waals surface area contributed by atoms with E-state index in [0.717, 1.165) is 12.8 Å². The minimum atomic E-state index is -0.399. The largest absolute Gasteiger partial charge is 0.465 e. The third kappa shape index (κ3) is 3.86. The third-order valence-corrected chi connectivity index (χ3v) is 5.50. The zero-order valence-corrected chi connectivity index (χ0v) is 17.2. The van der Waals surface area contributed by atoms with Gasteiger partial charge in [-0.05, 0) is 85.2 Å². The number of nitrogens with one attached hydrogen (secondary N) is 1. The average molecular weight is 377 g/mol. The molecule has 0 spiro atoms. The monoisotopic (exact) mass is 377 g/mol. The van der Waals surface area contributed by atoms with E-state index in [-0.39, 0.29) is 11.3 Å². The van der Waals surface area contributed by atoms with Gasteiger partial charge in [-0.1, -0.05) is 25.5 Å². The fourth-order valence-corrected chi connectivity index (χ4v) is 3.76. The Bertz CT molecular complexity index is 948. The number of allylic oxidation sites excluding steroid dienone is 2. The second kappa shape index (κ2) is 7.63. The smallest absolute Gasteiger partial charge is 0.337 e. The Labute approximate surface area is 166 Å². The fraction of sp³-hybridized carbons (Fsp3) is 0.333. The molecule has 1 amide bonds. The van der Waals surface area contributed by atoms with Gasteiger partial charge in [-0.2, -0.15) is 0 Å². The number of amides is 1. The first-order valence-corrected chi connectivity index (χ1v) is 9.54. The quantitative estimate of drug-likeness (QED) is 0.709. The van der Waals surface area contributed by atoms with E-state index in [0.29, 0.717) is 16.8 Å². The number of carbonyl (C=O) groups is 2. The summed E-state index contributed by atoms with van der Waals surface area (Å²) in [6.07, 6.45) is 2.14. The van der Waals surface area contributed by atoms with Gasteiger partial charge in [0.2, 0.25) is 0 Å². The normalized spacial score (nSPS) is 14.8. The summed E-state index contributed by atoms with van der Waals surface area (Å²) in [5.41, 5.74) is 6.94. The highest BCUT2D eigenvalue weighted by molar-refractivity contribution is 6.05. The summed E-state index contributed by atoms with van der Waals surface area (Å²) in [6, 6.07) is 12.7. The van der Waals surface area contributed by atoms with Crippen molar-refractivity contribution in [3.8, 4) is 0 Å². The van der Waals surface area contributed by atoms with E-state index in [4.69, 9.17) is 4.74 Å². The molecular formula is C24H27NO3. The van der Waals surface area contributed by atoms with Gasteiger partial charge in [0, 0.05) is 11.3 Å². The predicted molar refractivity (Wildman–Crippen MR) is 113 cm³/mol. The molecular weight excluding hydrogens is 350 g/mol. The van der Waals surface area contributed by atoms with Gasteiger partial charge >= 0.3 is 5.97 Å².